The molecule has 0 spiro atoms. The Kier molecular flexibility index (Phi) is 5.89. The van der Waals surface area contributed by atoms with Crippen LogP contribution in [0.4, 0.5) is 17.1 Å². The van der Waals surface area contributed by atoms with Crippen LogP contribution in [0.25, 0.3) is 77.8 Å². The predicted molar refractivity (Wildman–Crippen MR) is 210 cm³/mol. The van der Waals surface area contributed by atoms with Crippen molar-refractivity contribution in [3.8, 4) is 34.2 Å². The van der Waals surface area contributed by atoms with Crippen molar-refractivity contribution in [2.45, 2.75) is 0 Å². The first-order valence-corrected chi connectivity index (χ1v) is 17.3. The van der Waals surface area contributed by atoms with E-state index in [4.69, 9.17) is 9.97 Å². The molecule has 0 amide bonds. The number of benzene rings is 7. The summed E-state index contributed by atoms with van der Waals surface area (Å²) in [6, 6.07) is 62.2. The Morgan fingerprint density at radius 1 is 0.373 bits per heavy atom. The standard InChI is InChI=1S/C46H29N5/c1-4-15-30(16-5-1)36-29-37(31-17-6-2-7-18-31)48-46(47-36)50-38-23-11-10-21-35(38)43-41(50)28-27-34-33-22-14-26-42-44(33)51(45(34)43)40-25-13-12-24-39(40)49(42)32-19-8-3-9-20-32/h1-29H. The van der Waals surface area contributed by atoms with Gasteiger partial charge < -0.3 is 9.47 Å². The molecule has 3 aromatic heterocycles. The van der Waals surface area contributed by atoms with Gasteiger partial charge in [0.2, 0.25) is 5.95 Å². The molecule has 1 aliphatic rings. The van der Waals surface area contributed by atoms with Gasteiger partial charge in [-0.25, -0.2) is 9.97 Å². The average Bonchev–Trinajstić information content (AvgIpc) is 3.73. The van der Waals surface area contributed by atoms with Gasteiger partial charge in [-0.2, -0.15) is 0 Å². The lowest BCUT2D eigenvalue weighted by atomic mass is 10.1. The highest BCUT2D eigenvalue weighted by molar-refractivity contribution is 6.28. The fourth-order valence-corrected chi connectivity index (χ4v) is 8.10. The van der Waals surface area contributed by atoms with Crippen LogP contribution in [-0.2, 0) is 0 Å². The topological polar surface area (TPSA) is 38.9 Å². The maximum atomic E-state index is 5.28. The summed E-state index contributed by atoms with van der Waals surface area (Å²) in [5.41, 5.74) is 13.0. The maximum absolute atomic E-state index is 5.28. The van der Waals surface area contributed by atoms with E-state index in [-0.39, 0.29) is 0 Å². The van der Waals surface area contributed by atoms with Crippen molar-refractivity contribution >= 4 is 60.7 Å². The number of fused-ring (bicyclic) bond motifs is 9. The van der Waals surface area contributed by atoms with E-state index >= 15 is 0 Å². The van der Waals surface area contributed by atoms with Gasteiger partial charge in [0.25, 0.3) is 0 Å². The van der Waals surface area contributed by atoms with Crippen LogP contribution in [0, 0.1) is 0 Å². The smallest absolute Gasteiger partial charge is 0.235 e. The van der Waals surface area contributed by atoms with Gasteiger partial charge in [-0.05, 0) is 48.5 Å². The lowest BCUT2D eigenvalue weighted by Gasteiger charge is -2.33. The first-order valence-electron chi connectivity index (χ1n) is 17.3. The highest BCUT2D eigenvalue weighted by Gasteiger charge is 2.30. The summed E-state index contributed by atoms with van der Waals surface area (Å²) in [6.45, 7) is 0. The van der Waals surface area contributed by atoms with Crippen LogP contribution >= 0.6 is 0 Å². The second-order valence-corrected chi connectivity index (χ2v) is 13.0. The number of nitrogens with zero attached hydrogens (tertiary/aromatic N) is 5. The predicted octanol–water partition coefficient (Wildman–Crippen LogP) is 11.8. The number of hydrogen-bond donors (Lipinski definition) is 0. The van der Waals surface area contributed by atoms with Crippen molar-refractivity contribution in [3.63, 3.8) is 0 Å². The summed E-state index contributed by atoms with van der Waals surface area (Å²) in [6.07, 6.45) is 0. The van der Waals surface area contributed by atoms with Crippen molar-refractivity contribution < 1.29 is 0 Å². The first kappa shape index (κ1) is 27.9. The fourth-order valence-electron chi connectivity index (χ4n) is 8.10. The van der Waals surface area contributed by atoms with Crippen LogP contribution in [0.5, 0.6) is 0 Å². The molecule has 5 heteroatoms. The summed E-state index contributed by atoms with van der Waals surface area (Å²) in [5, 5.41) is 4.79. The summed E-state index contributed by atoms with van der Waals surface area (Å²) >= 11 is 0. The molecular formula is C46H29N5. The molecule has 51 heavy (non-hydrogen) atoms. The van der Waals surface area contributed by atoms with Gasteiger partial charge in [0.1, 0.15) is 0 Å². The Hall–Kier alpha value is -6.98. The number of hydrogen-bond acceptors (Lipinski definition) is 3. The molecule has 0 saturated carbocycles. The maximum Gasteiger partial charge on any atom is 0.235 e. The number of para-hydroxylation sites is 5. The lowest BCUT2D eigenvalue weighted by molar-refractivity contribution is 0.996. The fraction of sp³-hybridized carbons (Fsp3) is 0. The van der Waals surface area contributed by atoms with Crippen molar-refractivity contribution in [1.29, 1.82) is 0 Å². The summed E-state index contributed by atoms with van der Waals surface area (Å²) in [5.74, 6) is 0.645. The van der Waals surface area contributed by atoms with E-state index in [0.717, 1.165) is 61.7 Å². The van der Waals surface area contributed by atoms with E-state index in [0.29, 0.717) is 5.95 Å². The Morgan fingerprint density at radius 2 is 0.941 bits per heavy atom. The lowest BCUT2D eigenvalue weighted by Crippen LogP contribution is -2.17. The SMILES string of the molecule is c1ccc(-c2cc(-c3ccccc3)nc(-n3c4ccccc4c4c3ccc3c5cccc6c5n(c34)-c3ccccc3N6c3ccccc3)n2)cc1. The van der Waals surface area contributed by atoms with Crippen molar-refractivity contribution in [3.05, 3.63) is 176 Å². The quantitative estimate of drug-likeness (QED) is 0.190. The molecule has 0 N–H and O–H groups in total. The largest absolute Gasteiger partial charge is 0.306 e. The normalized spacial score (nSPS) is 12.3. The van der Waals surface area contributed by atoms with Gasteiger partial charge in [-0.1, -0.05) is 127 Å². The third-order valence-electron chi connectivity index (χ3n) is 10.2. The third kappa shape index (κ3) is 4.03. The van der Waals surface area contributed by atoms with Crippen molar-refractivity contribution in [2.75, 3.05) is 4.90 Å². The molecule has 5 nitrogen and oxygen atoms in total. The molecule has 11 rings (SSSR count). The molecule has 0 atom stereocenters. The van der Waals surface area contributed by atoms with E-state index in [1.165, 1.54) is 27.2 Å². The van der Waals surface area contributed by atoms with Crippen molar-refractivity contribution in [1.82, 2.24) is 19.1 Å². The molecule has 7 aromatic carbocycles. The van der Waals surface area contributed by atoms with Crippen LogP contribution in [0.2, 0.25) is 0 Å². The molecule has 0 saturated heterocycles. The van der Waals surface area contributed by atoms with Crippen LogP contribution < -0.4 is 4.90 Å². The van der Waals surface area contributed by atoms with E-state index in [1.54, 1.807) is 0 Å². The minimum Gasteiger partial charge on any atom is -0.306 e. The molecule has 10 aromatic rings. The van der Waals surface area contributed by atoms with Gasteiger partial charge in [0.15, 0.2) is 0 Å². The second kappa shape index (κ2) is 10.8. The Balaban J connectivity index is 1.27. The van der Waals surface area contributed by atoms with Crippen LogP contribution in [0.3, 0.4) is 0 Å². The molecular weight excluding hydrogens is 623 g/mol. The number of anilines is 3. The van der Waals surface area contributed by atoms with Gasteiger partial charge >= 0.3 is 0 Å². The van der Waals surface area contributed by atoms with Crippen LogP contribution in [-0.4, -0.2) is 19.1 Å². The summed E-state index contributed by atoms with van der Waals surface area (Å²) in [7, 11) is 0. The molecule has 0 bridgehead atoms. The summed E-state index contributed by atoms with van der Waals surface area (Å²) in [4.78, 5) is 13.0. The Morgan fingerprint density at radius 3 is 1.67 bits per heavy atom. The first-order chi connectivity index (χ1) is 25.3. The van der Waals surface area contributed by atoms with E-state index in [2.05, 4.69) is 178 Å². The van der Waals surface area contributed by atoms with Crippen LogP contribution in [0.15, 0.2) is 176 Å². The van der Waals surface area contributed by atoms with Gasteiger partial charge in [-0.15, -0.1) is 0 Å². The number of rotatable bonds is 4. The zero-order chi connectivity index (χ0) is 33.5. The molecule has 0 unspecified atom stereocenters. The minimum absolute atomic E-state index is 0.645. The second-order valence-electron chi connectivity index (χ2n) is 13.0. The van der Waals surface area contributed by atoms with Gasteiger partial charge in [0, 0.05) is 38.4 Å². The van der Waals surface area contributed by atoms with Crippen LogP contribution in [0.1, 0.15) is 0 Å². The molecule has 238 valence electrons. The van der Waals surface area contributed by atoms with Gasteiger partial charge in [0.05, 0.1) is 50.5 Å². The zero-order valence-electron chi connectivity index (χ0n) is 27.5. The van der Waals surface area contributed by atoms with Crippen molar-refractivity contribution in [2.24, 2.45) is 0 Å². The van der Waals surface area contributed by atoms with Gasteiger partial charge in [-0.3, -0.25) is 4.57 Å². The molecule has 1 aliphatic heterocycles. The van der Waals surface area contributed by atoms with E-state index < -0.39 is 0 Å². The molecule has 4 heterocycles. The third-order valence-corrected chi connectivity index (χ3v) is 10.2. The number of aromatic nitrogens is 4. The molecule has 0 aliphatic carbocycles. The Labute approximate surface area is 293 Å². The molecule has 0 fully saturated rings. The average molecular weight is 652 g/mol. The summed E-state index contributed by atoms with van der Waals surface area (Å²) < 4.78 is 4.74. The van der Waals surface area contributed by atoms with E-state index in [9.17, 15) is 0 Å². The highest BCUT2D eigenvalue weighted by atomic mass is 15.2. The monoisotopic (exact) mass is 651 g/mol. The molecule has 0 radical (unpaired) electrons. The minimum atomic E-state index is 0.645. The highest BCUT2D eigenvalue weighted by Crippen LogP contribution is 2.51. The van der Waals surface area contributed by atoms with E-state index in [1.807, 2.05) is 12.1 Å². The zero-order valence-corrected chi connectivity index (χ0v) is 27.5. The Bertz CT molecular complexity index is 2900.